The van der Waals surface area contributed by atoms with Gasteiger partial charge in [0.05, 0.1) is 11.5 Å². The average molecular weight is 334 g/mol. The molecule has 13 heteroatoms. The lowest BCUT2D eigenvalue weighted by Gasteiger charge is -2.27. The molecular formula is C10H14N4O9. The van der Waals surface area contributed by atoms with Gasteiger partial charge in [-0.05, 0) is 0 Å². The molecule has 0 spiro atoms. The monoisotopic (exact) mass is 334 g/mol. The minimum absolute atomic E-state index is 0.436. The standard InChI is InChI=1S/C10H14N4O9/c15-1-2(16)5(17)6(18)3-9(20)13-7(11-3)4(14(22)23)8(19)12-10(13)21/h2-3,5-6,9,11,15-18,20H,1H2,(H,12,19,21). The zero-order chi connectivity index (χ0) is 17.5. The second kappa shape index (κ2) is 6.05. The molecule has 0 saturated heterocycles. The van der Waals surface area contributed by atoms with Crippen LogP contribution in [0.4, 0.5) is 11.5 Å². The Balaban J connectivity index is 2.47. The number of fused-ring (bicyclic) bond motifs is 1. The predicted octanol–water partition coefficient (Wildman–Crippen LogP) is -4.20. The van der Waals surface area contributed by atoms with Crippen molar-refractivity contribution in [1.29, 1.82) is 0 Å². The highest BCUT2D eigenvalue weighted by Gasteiger charge is 2.44. The lowest BCUT2D eigenvalue weighted by molar-refractivity contribution is -0.385. The van der Waals surface area contributed by atoms with Crippen LogP contribution in [0.3, 0.4) is 0 Å². The van der Waals surface area contributed by atoms with E-state index in [1.165, 1.54) is 0 Å². The number of aliphatic hydroxyl groups excluding tert-OH is 5. The molecular weight excluding hydrogens is 320 g/mol. The average Bonchev–Trinajstić information content (AvgIpc) is 2.82. The molecule has 5 atom stereocenters. The number of H-pyrrole nitrogens is 1. The van der Waals surface area contributed by atoms with Crippen LogP contribution >= 0.6 is 0 Å². The van der Waals surface area contributed by atoms with Gasteiger partial charge in [0.15, 0.2) is 12.0 Å². The zero-order valence-electron chi connectivity index (χ0n) is 11.4. The summed E-state index contributed by atoms with van der Waals surface area (Å²) in [4.78, 5) is 34.7. The molecule has 2 rings (SSSR count). The van der Waals surface area contributed by atoms with Crippen LogP contribution in [0.25, 0.3) is 0 Å². The number of nitrogens with one attached hydrogen (secondary N) is 2. The Morgan fingerprint density at radius 2 is 1.91 bits per heavy atom. The van der Waals surface area contributed by atoms with Gasteiger partial charge in [0.1, 0.15) is 24.4 Å². The van der Waals surface area contributed by atoms with Crippen LogP contribution in [0.2, 0.25) is 0 Å². The molecule has 1 aromatic heterocycles. The summed E-state index contributed by atoms with van der Waals surface area (Å²) in [6.45, 7) is -0.896. The highest BCUT2D eigenvalue weighted by Crippen LogP contribution is 2.32. The topological polar surface area (TPSA) is 211 Å². The van der Waals surface area contributed by atoms with E-state index in [1.807, 2.05) is 0 Å². The predicted molar refractivity (Wildman–Crippen MR) is 71.7 cm³/mol. The Labute approximate surface area is 126 Å². The largest absolute Gasteiger partial charge is 0.394 e. The van der Waals surface area contributed by atoms with E-state index in [2.05, 4.69) is 5.32 Å². The number of nitrogens with zero attached hydrogens (tertiary/aromatic N) is 2. The van der Waals surface area contributed by atoms with Gasteiger partial charge in [0, 0.05) is 0 Å². The number of hydrogen-bond donors (Lipinski definition) is 7. The SMILES string of the molecule is O=c1[nH]c(=O)n2c(c1[N+](=O)[O-])NC(C(O)C(O)C(O)CO)C2O. The van der Waals surface area contributed by atoms with Crippen LogP contribution in [0.15, 0.2) is 9.59 Å². The highest BCUT2D eigenvalue weighted by molar-refractivity contribution is 5.58. The van der Waals surface area contributed by atoms with Crippen molar-refractivity contribution >= 4 is 11.5 Å². The number of nitro groups is 1. The van der Waals surface area contributed by atoms with Crippen molar-refractivity contribution in [1.82, 2.24) is 9.55 Å². The quantitative estimate of drug-likeness (QED) is 0.204. The summed E-state index contributed by atoms with van der Waals surface area (Å²) in [5.41, 5.74) is -3.53. The highest BCUT2D eigenvalue weighted by atomic mass is 16.6. The van der Waals surface area contributed by atoms with E-state index in [9.17, 15) is 40.1 Å². The van der Waals surface area contributed by atoms with Crippen molar-refractivity contribution in [3.8, 4) is 0 Å². The first-order valence-electron chi connectivity index (χ1n) is 6.33. The summed E-state index contributed by atoms with van der Waals surface area (Å²) in [5, 5.41) is 60.8. The molecule has 0 aromatic carbocycles. The first-order chi connectivity index (χ1) is 10.7. The molecule has 0 amide bonds. The Morgan fingerprint density at radius 3 is 2.43 bits per heavy atom. The smallest absolute Gasteiger partial charge is 0.374 e. The number of rotatable bonds is 5. The minimum atomic E-state index is -1.92. The van der Waals surface area contributed by atoms with E-state index < -0.39 is 64.9 Å². The molecule has 13 nitrogen and oxygen atoms in total. The molecule has 0 radical (unpaired) electrons. The third-order valence-electron chi connectivity index (χ3n) is 3.49. The summed E-state index contributed by atoms with van der Waals surface area (Å²) in [6.07, 6.45) is -7.47. The lowest BCUT2D eigenvalue weighted by Crippen LogP contribution is -2.49. The number of aliphatic hydroxyl groups is 5. The maximum absolute atomic E-state index is 11.7. The van der Waals surface area contributed by atoms with Crippen LogP contribution in [-0.4, -0.2) is 71.0 Å². The summed E-state index contributed by atoms with van der Waals surface area (Å²) in [5.74, 6) is -0.647. The second-order valence-corrected chi connectivity index (χ2v) is 4.90. The molecule has 1 aliphatic heterocycles. The molecule has 1 aromatic rings. The molecule has 0 saturated carbocycles. The fourth-order valence-electron chi connectivity index (χ4n) is 2.30. The van der Waals surface area contributed by atoms with Crippen LogP contribution in [0.1, 0.15) is 6.23 Å². The first-order valence-corrected chi connectivity index (χ1v) is 6.33. The van der Waals surface area contributed by atoms with Crippen LogP contribution < -0.4 is 16.6 Å². The molecule has 0 bridgehead atoms. The number of aromatic amines is 1. The van der Waals surface area contributed by atoms with Crippen LogP contribution in [-0.2, 0) is 0 Å². The minimum Gasteiger partial charge on any atom is -0.394 e. The van der Waals surface area contributed by atoms with Crippen molar-refractivity contribution < 1.29 is 30.5 Å². The molecule has 1 aliphatic rings. The molecule has 0 aliphatic carbocycles. The number of hydrogen-bond acceptors (Lipinski definition) is 10. The van der Waals surface area contributed by atoms with E-state index >= 15 is 0 Å². The molecule has 23 heavy (non-hydrogen) atoms. The third-order valence-corrected chi connectivity index (χ3v) is 3.49. The summed E-state index contributed by atoms with van der Waals surface area (Å²) in [6, 6.07) is -1.55. The van der Waals surface area contributed by atoms with E-state index in [4.69, 9.17) is 5.11 Å². The van der Waals surface area contributed by atoms with Gasteiger partial charge >= 0.3 is 16.9 Å². The van der Waals surface area contributed by atoms with E-state index in [0.29, 0.717) is 4.57 Å². The summed E-state index contributed by atoms with van der Waals surface area (Å²) < 4.78 is 0.436. The Kier molecular flexibility index (Phi) is 4.49. The third kappa shape index (κ3) is 2.71. The van der Waals surface area contributed by atoms with Gasteiger partial charge in [0.25, 0.3) is 0 Å². The number of aromatic nitrogens is 2. The van der Waals surface area contributed by atoms with Crippen molar-refractivity contribution in [2.45, 2.75) is 30.6 Å². The Bertz CT molecular complexity index is 728. The van der Waals surface area contributed by atoms with Gasteiger partial charge in [0.2, 0.25) is 0 Å². The Hall–Kier alpha value is -2.32. The van der Waals surface area contributed by atoms with Crippen molar-refractivity contribution in [3.63, 3.8) is 0 Å². The summed E-state index contributed by atoms with van der Waals surface area (Å²) >= 11 is 0. The van der Waals surface area contributed by atoms with Gasteiger partial charge in [-0.1, -0.05) is 0 Å². The fraction of sp³-hybridized carbons (Fsp3) is 0.600. The molecule has 2 heterocycles. The van der Waals surface area contributed by atoms with E-state index in [0.717, 1.165) is 0 Å². The van der Waals surface area contributed by atoms with Gasteiger partial charge < -0.3 is 30.8 Å². The molecule has 5 unspecified atom stereocenters. The van der Waals surface area contributed by atoms with Gasteiger partial charge in [-0.3, -0.25) is 19.9 Å². The van der Waals surface area contributed by atoms with E-state index in [1.54, 1.807) is 4.98 Å². The first kappa shape index (κ1) is 17.0. The van der Waals surface area contributed by atoms with Crippen LogP contribution in [0, 0.1) is 10.1 Å². The van der Waals surface area contributed by atoms with Gasteiger partial charge in [-0.2, -0.15) is 0 Å². The number of anilines is 1. The molecule has 7 N–H and O–H groups in total. The van der Waals surface area contributed by atoms with Gasteiger partial charge in [-0.25, -0.2) is 9.36 Å². The Morgan fingerprint density at radius 1 is 1.30 bits per heavy atom. The van der Waals surface area contributed by atoms with Gasteiger partial charge in [-0.15, -0.1) is 0 Å². The van der Waals surface area contributed by atoms with Crippen molar-refractivity contribution in [2.75, 3.05) is 11.9 Å². The fourth-order valence-corrected chi connectivity index (χ4v) is 2.30. The van der Waals surface area contributed by atoms with E-state index in [-0.39, 0.29) is 0 Å². The van der Waals surface area contributed by atoms with Crippen molar-refractivity contribution in [2.24, 2.45) is 0 Å². The van der Waals surface area contributed by atoms with Crippen LogP contribution in [0.5, 0.6) is 0 Å². The lowest BCUT2D eigenvalue weighted by atomic mass is 10.0. The maximum atomic E-state index is 11.7. The molecule has 0 fully saturated rings. The zero-order valence-corrected chi connectivity index (χ0v) is 11.4. The molecule has 128 valence electrons. The summed E-state index contributed by atoms with van der Waals surface area (Å²) in [7, 11) is 0. The maximum Gasteiger partial charge on any atom is 0.374 e. The second-order valence-electron chi connectivity index (χ2n) is 4.90. The normalized spacial score (nSPS) is 23.7. The van der Waals surface area contributed by atoms with Crippen molar-refractivity contribution in [3.05, 3.63) is 31.0 Å².